The Morgan fingerprint density at radius 3 is 2.19 bits per heavy atom. The first-order chi connectivity index (χ1) is 9.71. The van der Waals surface area contributed by atoms with Gasteiger partial charge in [-0.25, -0.2) is 9.59 Å². The molecule has 3 N–H and O–H groups in total. The Morgan fingerprint density at radius 2 is 1.71 bits per heavy atom. The van der Waals surface area contributed by atoms with E-state index in [2.05, 4.69) is 10.6 Å². The normalized spacial score (nSPS) is 14.1. The number of carboxylic acids is 1. The van der Waals surface area contributed by atoms with Crippen LogP contribution in [0.1, 0.15) is 26.3 Å². The minimum absolute atomic E-state index is 0.315. The number of nitrogens with one attached hydrogen (secondary N) is 2. The van der Waals surface area contributed by atoms with Crippen LogP contribution in [-0.2, 0) is 15.1 Å². The van der Waals surface area contributed by atoms with Gasteiger partial charge >= 0.3 is 12.0 Å². The second-order valence-corrected chi connectivity index (χ2v) is 5.69. The summed E-state index contributed by atoms with van der Waals surface area (Å²) in [6.45, 7) is 5.34. The van der Waals surface area contributed by atoms with Gasteiger partial charge < -0.3 is 20.5 Å². The van der Waals surface area contributed by atoms with Crippen LogP contribution >= 0.6 is 0 Å². The van der Waals surface area contributed by atoms with Crippen LogP contribution in [0.5, 0.6) is 0 Å². The van der Waals surface area contributed by atoms with E-state index in [1.807, 2.05) is 0 Å². The first kappa shape index (κ1) is 17.0. The Hall–Kier alpha value is -2.08. The molecule has 2 amide bonds. The fraction of sp³-hybridized carbons (Fsp3) is 0.467. The summed E-state index contributed by atoms with van der Waals surface area (Å²) in [5.74, 6) is -1.13. The molecular formula is C15H22N2O4. The summed E-state index contributed by atoms with van der Waals surface area (Å²) in [5.41, 5.74) is -1.61. The van der Waals surface area contributed by atoms with E-state index in [9.17, 15) is 14.7 Å². The molecule has 0 aliphatic carbocycles. The Labute approximate surface area is 124 Å². The van der Waals surface area contributed by atoms with Gasteiger partial charge in [0.2, 0.25) is 0 Å². The lowest BCUT2D eigenvalue weighted by Gasteiger charge is -2.31. The molecule has 21 heavy (non-hydrogen) atoms. The maximum absolute atomic E-state index is 12.1. The fourth-order valence-electron chi connectivity index (χ4n) is 1.98. The predicted molar refractivity (Wildman–Crippen MR) is 79.1 cm³/mol. The largest absolute Gasteiger partial charge is 0.479 e. The molecule has 0 spiro atoms. The third-order valence-corrected chi connectivity index (χ3v) is 3.10. The van der Waals surface area contributed by atoms with Gasteiger partial charge in [-0.15, -0.1) is 0 Å². The summed E-state index contributed by atoms with van der Waals surface area (Å²) < 4.78 is 5.01. The number of carbonyl (C=O) groups is 2. The lowest BCUT2D eigenvalue weighted by molar-refractivity contribution is -0.144. The molecule has 0 heterocycles. The van der Waals surface area contributed by atoms with Crippen molar-refractivity contribution in [2.45, 2.75) is 31.8 Å². The molecule has 0 saturated heterocycles. The highest BCUT2D eigenvalue weighted by atomic mass is 16.5. The van der Waals surface area contributed by atoms with Gasteiger partial charge in [0.25, 0.3) is 0 Å². The van der Waals surface area contributed by atoms with Crippen LogP contribution in [0, 0.1) is 0 Å². The molecule has 0 aliphatic rings. The number of ether oxygens (including phenoxy) is 1. The zero-order valence-electron chi connectivity index (χ0n) is 12.8. The highest BCUT2D eigenvalue weighted by molar-refractivity contribution is 5.87. The lowest BCUT2D eigenvalue weighted by atomic mass is 9.92. The number of hydrogen-bond donors (Lipinski definition) is 3. The van der Waals surface area contributed by atoms with E-state index in [0.29, 0.717) is 12.2 Å². The van der Waals surface area contributed by atoms with Gasteiger partial charge in [0.05, 0.1) is 12.1 Å². The third-order valence-electron chi connectivity index (χ3n) is 3.10. The monoisotopic (exact) mass is 294 g/mol. The SMILES string of the molecule is COCC(C)(C)NC(=O)NC(C)(C(=O)O)c1ccccc1. The van der Waals surface area contributed by atoms with Crippen LogP contribution in [0.2, 0.25) is 0 Å². The molecule has 116 valence electrons. The highest BCUT2D eigenvalue weighted by Crippen LogP contribution is 2.21. The second-order valence-electron chi connectivity index (χ2n) is 5.69. The number of carboxylic acid groups (broad SMARTS) is 1. The van der Waals surface area contributed by atoms with Crippen LogP contribution in [0.25, 0.3) is 0 Å². The number of benzene rings is 1. The maximum atomic E-state index is 12.1. The highest BCUT2D eigenvalue weighted by Gasteiger charge is 2.37. The Bertz CT molecular complexity index is 502. The van der Waals surface area contributed by atoms with Crippen molar-refractivity contribution < 1.29 is 19.4 Å². The van der Waals surface area contributed by atoms with Gasteiger partial charge in [0.15, 0.2) is 5.54 Å². The topological polar surface area (TPSA) is 87.7 Å². The average molecular weight is 294 g/mol. The predicted octanol–water partition coefficient (Wildman–Crippen LogP) is 1.71. The molecule has 0 bridgehead atoms. The molecule has 1 rings (SSSR count). The van der Waals surface area contributed by atoms with Crippen LogP contribution in [-0.4, -0.2) is 36.4 Å². The molecule has 1 unspecified atom stereocenters. The summed E-state index contributed by atoms with van der Waals surface area (Å²) in [6.07, 6.45) is 0. The Kier molecular flexibility index (Phi) is 5.32. The quantitative estimate of drug-likeness (QED) is 0.745. The molecule has 6 nitrogen and oxygen atoms in total. The van der Waals surface area contributed by atoms with Crippen molar-refractivity contribution in [3.8, 4) is 0 Å². The number of amides is 2. The fourth-order valence-corrected chi connectivity index (χ4v) is 1.98. The first-order valence-electron chi connectivity index (χ1n) is 6.59. The zero-order chi connectivity index (χ0) is 16.1. The molecule has 6 heteroatoms. The van der Waals surface area contributed by atoms with Gasteiger partial charge in [-0.05, 0) is 26.3 Å². The Morgan fingerprint density at radius 1 is 1.14 bits per heavy atom. The molecule has 1 aromatic rings. The van der Waals surface area contributed by atoms with Crippen molar-refractivity contribution in [1.82, 2.24) is 10.6 Å². The molecule has 1 aromatic carbocycles. The van der Waals surface area contributed by atoms with Crippen molar-refractivity contribution in [1.29, 1.82) is 0 Å². The number of rotatable bonds is 6. The third kappa shape index (κ3) is 4.46. The van der Waals surface area contributed by atoms with Gasteiger partial charge in [0, 0.05) is 7.11 Å². The smallest absolute Gasteiger partial charge is 0.333 e. The van der Waals surface area contributed by atoms with Crippen molar-refractivity contribution in [2.24, 2.45) is 0 Å². The molecule has 0 aromatic heterocycles. The van der Waals surface area contributed by atoms with Gasteiger partial charge in [-0.2, -0.15) is 0 Å². The van der Waals surface area contributed by atoms with Crippen LogP contribution in [0.4, 0.5) is 4.79 Å². The van der Waals surface area contributed by atoms with Crippen LogP contribution < -0.4 is 10.6 Å². The van der Waals surface area contributed by atoms with Crippen molar-refractivity contribution >= 4 is 12.0 Å². The van der Waals surface area contributed by atoms with E-state index in [0.717, 1.165) is 0 Å². The number of carbonyl (C=O) groups excluding carboxylic acids is 1. The van der Waals surface area contributed by atoms with E-state index in [4.69, 9.17) is 4.74 Å². The summed E-state index contributed by atoms with van der Waals surface area (Å²) in [4.78, 5) is 23.7. The minimum Gasteiger partial charge on any atom is -0.479 e. The minimum atomic E-state index is -1.51. The average Bonchev–Trinajstić information content (AvgIpc) is 2.38. The summed E-state index contributed by atoms with van der Waals surface area (Å²) in [5, 5.41) is 14.7. The summed E-state index contributed by atoms with van der Waals surface area (Å²) in [7, 11) is 1.53. The summed E-state index contributed by atoms with van der Waals surface area (Å²) in [6, 6.07) is 8.00. The van der Waals surface area contributed by atoms with E-state index >= 15 is 0 Å². The number of urea groups is 1. The van der Waals surface area contributed by atoms with E-state index < -0.39 is 23.1 Å². The van der Waals surface area contributed by atoms with Crippen molar-refractivity contribution in [3.63, 3.8) is 0 Å². The van der Waals surface area contributed by atoms with E-state index in [1.165, 1.54) is 14.0 Å². The Balaban J connectivity index is 2.90. The van der Waals surface area contributed by atoms with E-state index in [1.54, 1.807) is 44.2 Å². The number of aliphatic carboxylic acids is 1. The van der Waals surface area contributed by atoms with Gasteiger partial charge in [-0.1, -0.05) is 30.3 Å². The molecule has 0 saturated carbocycles. The first-order valence-corrected chi connectivity index (χ1v) is 6.59. The molecule has 1 atom stereocenters. The zero-order valence-corrected chi connectivity index (χ0v) is 12.8. The van der Waals surface area contributed by atoms with Crippen LogP contribution in [0.15, 0.2) is 30.3 Å². The molecule has 0 radical (unpaired) electrons. The molecule has 0 fully saturated rings. The number of methoxy groups -OCH3 is 1. The molecular weight excluding hydrogens is 272 g/mol. The number of hydrogen-bond acceptors (Lipinski definition) is 3. The van der Waals surface area contributed by atoms with Crippen molar-refractivity contribution in [2.75, 3.05) is 13.7 Å². The standard InChI is InChI=1S/C15H22N2O4/c1-14(2,10-21-4)16-13(20)17-15(3,12(18)19)11-8-6-5-7-9-11/h5-9H,10H2,1-4H3,(H,18,19)(H2,16,17,20). The van der Waals surface area contributed by atoms with Gasteiger partial charge in [-0.3, -0.25) is 0 Å². The second kappa shape index (κ2) is 6.58. The van der Waals surface area contributed by atoms with Crippen LogP contribution in [0.3, 0.4) is 0 Å². The molecule has 0 aliphatic heterocycles. The van der Waals surface area contributed by atoms with Crippen molar-refractivity contribution in [3.05, 3.63) is 35.9 Å². The lowest BCUT2D eigenvalue weighted by Crippen LogP contribution is -2.57. The van der Waals surface area contributed by atoms with E-state index in [-0.39, 0.29) is 0 Å². The van der Waals surface area contributed by atoms with Gasteiger partial charge in [0.1, 0.15) is 0 Å². The maximum Gasteiger partial charge on any atom is 0.333 e. The summed E-state index contributed by atoms with van der Waals surface area (Å²) >= 11 is 0.